The SMILES string of the molecule is Cc1ccc(NC(=O)C2CCCc3ncccc32)nc1-c1cn(C)c(=O)c2[nH]ccc12. The highest BCUT2D eigenvalue weighted by atomic mass is 16.2. The normalized spacial score (nSPS) is 15.6. The molecule has 0 saturated carbocycles. The van der Waals surface area contributed by atoms with E-state index in [1.165, 1.54) is 0 Å². The Morgan fingerprint density at radius 1 is 1.26 bits per heavy atom. The van der Waals surface area contributed by atoms with Gasteiger partial charge >= 0.3 is 0 Å². The molecule has 7 heteroatoms. The van der Waals surface area contributed by atoms with Crippen molar-refractivity contribution in [2.75, 3.05) is 5.32 Å². The highest BCUT2D eigenvalue weighted by Gasteiger charge is 2.27. The molecule has 1 unspecified atom stereocenters. The molecule has 0 saturated heterocycles. The Labute approximate surface area is 179 Å². The summed E-state index contributed by atoms with van der Waals surface area (Å²) in [5.41, 5.74) is 5.02. The summed E-state index contributed by atoms with van der Waals surface area (Å²) in [4.78, 5) is 37.7. The molecule has 0 aliphatic heterocycles. The first-order chi connectivity index (χ1) is 15.0. The third-order valence-electron chi connectivity index (χ3n) is 6.02. The van der Waals surface area contributed by atoms with Gasteiger partial charge in [-0.05, 0) is 55.5 Å². The first-order valence-corrected chi connectivity index (χ1v) is 10.4. The fourth-order valence-electron chi connectivity index (χ4n) is 4.42. The topological polar surface area (TPSA) is 92.7 Å². The van der Waals surface area contributed by atoms with Crippen LogP contribution in [0.15, 0.2) is 53.7 Å². The lowest BCUT2D eigenvalue weighted by Crippen LogP contribution is -2.25. The number of aromatic amines is 1. The van der Waals surface area contributed by atoms with E-state index in [1.807, 2.05) is 37.3 Å². The molecular weight excluding hydrogens is 390 g/mol. The minimum absolute atomic E-state index is 0.0662. The predicted molar refractivity (Wildman–Crippen MR) is 120 cm³/mol. The van der Waals surface area contributed by atoms with Gasteiger partial charge < -0.3 is 14.9 Å². The number of nitrogens with zero attached hydrogens (tertiary/aromatic N) is 3. The fourth-order valence-corrected chi connectivity index (χ4v) is 4.42. The van der Waals surface area contributed by atoms with Crippen LogP contribution >= 0.6 is 0 Å². The molecular formula is C24H23N5O2. The van der Waals surface area contributed by atoms with Gasteiger partial charge in [0, 0.05) is 42.3 Å². The lowest BCUT2D eigenvalue weighted by molar-refractivity contribution is -0.117. The zero-order valence-corrected chi connectivity index (χ0v) is 17.5. The summed E-state index contributed by atoms with van der Waals surface area (Å²) in [6.45, 7) is 1.97. The van der Waals surface area contributed by atoms with E-state index >= 15 is 0 Å². The van der Waals surface area contributed by atoms with Crippen molar-refractivity contribution in [3.8, 4) is 11.3 Å². The molecule has 1 atom stereocenters. The van der Waals surface area contributed by atoms with Crippen molar-refractivity contribution in [1.29, 1.82) is 0 Å². The van der Waals surface area contributed by atoms with Crippen molar-refractivity contribution < 1.29 is 4.79 Å². The van der Waals surface area contributed by atoms with Crippen LogP contribution in [0.4, 0.5) is 5.82 Å². The number of pyridine rings is 3. The molecule has 31 heavy (non-hydrogen) atoms. The minimum atomic E-state index is -0.224. The number of nitrogens with one attached hydrogen (secondary N) is 2. The molecule has 1 aliphatic carbocycles. The summed E-state index contributed by atoms with van der Waals surface area (Å²) in [6.07, 6.45) is 7.98. The number of anilines is 1. The van der Waals surface area contributed by atoms with Crippen LogP contribution in [0.2, 0.25) is 0 Å². The number of H-pyrrole nitrogens is 1. The fraction of sp³-hybridized carbons (Fsp3) is 0.250. The number of carbonyl (C=O) groups is 1. The van der Waals surface area contributed by atoms with Gasteiger partial charge in [0.05, 0.1) is 11.6 Å². The first-order valence-electron chi connectivity index (χ1n) is 10.4. The Kier molecular flexibility index (Phi) is 4.66. The Morgan fingerprint density at radius 2 is 2.13 bits per heavy atom. The number of aryl methyl sites for hydroxylation is 3. The van der Waals surface area contributed by atoms with Crippen LogP contribution in [0.1, 0.15) is 35.6 Å². The van der Waals surface area contributed by atoms with Gasteiger partial charge in [0.15, 0.2) is 0 Å². The number of amides is 1. The van der Waals surface area contributed by atoms with Crippen molar-refractivity contribution in [2.24, 2.45) is 7.05 Å². The van der Waals surface area contributed by atoms with Crippen LogP contribution in [-0.4, -0.2) is 25.4 Å². The van der Waals surface area contributed by atoms with Gasteiger partial charge in [0.25, 0.3) is 5.56 Å². The van der Waals surface area contributed by atoms with E-state index in [9.17, 15) is 9.59 Å². The highest BCUT2D eigenvalue weighted by Crippen LogP contribution is 2.32. The second-order valence-electron chi connectivity index (χ2n) is 8.06. The predicted octanol–water partition coefficient (Wildman–Crippen LogP) is 3.69. The molecule has 2 N–H and O–H groups in total. The largest absolute Gasteiger partial charge is 0.357 e. The number of hydrogen-bond donors (Lipinski definition) is 2. The summed E-state index contributed by atoms with van der Waals surface area (Å²) in [6, 6.07) is 9.52. The first kappa shape index (κ1) is 19.2. The van der Waals surface area contributed by atoms with Crippen molar-refractivity contribution in [3.05, 3.63) is 76.1 Å². The summed E-state index contributed by atoms with van der Waals surface area (Å²) in [5.74, 6) is 0.209. The van der Waals surface area contributed by atoms with Gasteiger partial charge in [-0.2, -0.15) is 0 Å². The van der Waals surface area contributed by atoms with E-state index in [2.05, 4.69) is 15.3 Å². The second-order valence-corrected chi connectivity index (χ2v) is 8.06. The maximum atomic E-state index is 13.1. The summed E-state index contributed by atoms with van der Waals surface area (Å²) < 4.78 is 1.55. The van der Waals surface area contributed by atoms with Gasteiger partial charge in [0.1, 0.15) is 11.3 Å². The summed E-state index contributed by atoms with van der Waals surface area (Å²) in [7, 11) is 1.72. The molecule has 156 valence electrons. The zero-order chi connectivity index (χ0) is 21.5. The molecule has 4 aromatic heterocycles. The minimum Gasteiger partial charge on any atom is -0.357 e. The average molecular weight is 413 g/mol. The Hall–Kier alpha value is -3.74. The molecule has 4 aromatic rings. The van der Waals surface area contributed by atoms with Crippen LogP contribution in [0, 0.1) is 6.92 Å². The van der Waals surface area contributed by atoms with Crippen LogP contribution in [0.25, 0.3) is 22.2 Å². The van der Waals surface area contributed by atoms with Crippen molar-refractivity contribution in [2.45, 2.75) is 32.1 Å². The van der Waals surface area contributed by atoms with E-state index in [4.69, 9.17) is 4.98 Å². The van der Waals surface area contributed by atoms with Crippen molar-refractivity contribution in [3.63, 3.8) is 0 Å². The maximum Gasteiger partial charge on any atom is 0.274 e. The second kappa shape index (κ2) is 7.50. The number of rotatable bonds is 3. The Morgan fingerprint density at radius 3 is 3.00 bits per heavy atom. The summed E-state index contributed by atoms with van der Waals surface area (Å²) in [5, 5.41) is 3.82. The van der Waals surface area contributed by atoms with Gasteiger partial charge in [-0.1, -0.05) is 12.1 Å². The van der Waals surface area contributed by atoms with E-state index in [1.54, 1.807) is 30.2 Å². The molecule has 0 radical (unpaired) electrons. The molecule has 4 heterocycles. The molecule has 0 bridgehead atoms. The third kappa shape index (κ3) is 3.32. The van der Waals surface area contributed by atoms with Gasteiger partial charge in [-0.25, -0.2) is 4.98 Å². The smallest absolute Gasteiger partial charge is 0.274 e. The van der Waals surface area contributed by atoms with Gasteiger partial charge in [0.2, 0.25) is 5.91 Å². The highest BCUT2D eigenvalue weighted by molar-refractivity contribution is 5.97. The van der Waals surface area contributed by atoms with Crippen LogP contribution in [0.3, 0.4) is 0 Å². The van der Waals surface area contributed by atoms with E-state index in [-0.39, 0.29) is 17.4 Å². The third-order valence-corrected chi connectivity index (χ3v) is 6.02. The number of carbonyl (C=O) groups excluding carboxylic acids is 1. The molecule has 1 aliphatic rings. The van der Waals surface area contributed by atoms with Crippen LogP contribution in [-0.2, 0) is 18.3 Å². The quantitative estimate of drug-likeness (QED) is 0.536. The van der Waals surface area contributed by atoms with Crippen molar-refractivity contribution in [1.82, 2.24) is 19.5 Å². The lowest BCUT2D eigenvalue weighted by atomic mass is 9.85. The molecule has 0 spiro atoms. The van der Waals surface area contributed by atoms with E-state index < -0.39 is 0 Å². The maximum absolute atomic E-state index is 13.1. The number of hydrogen-bond acceptors (Lipinski definition) is 4. The van der Waals surface area contributed by atoms with E-state index in [0.717, 1.165) is 52.7 Å². The van der Waals surface area contributed by atoms with Crippen LogP contribution < -0.4 is 10.9 Å². The zero-order valence-electron chi connectivity index (χ0n) is 17.5. The monoisotopic (exact) mass is 413 g/mol. The molecule has 7 nitrogen and oxygen atoms in total. The standard InChI is InChI=1S/C24H23N5O2/c1-14-8-9-20(28-23(30)17-5-3-7-19-15(17)6-4-11-25-19)27-21(14)18-13-29(2)24(31)22-16(18)10-12-26-22/h4,6,8-13,17,26H,3,5,7H2,1-2H3,(H,27,28,30). The molecule has 0 aromatic carbocycles. The summed E-state index contributed by atoms with van der Waals surface area (Å²) >= 11 is 0. The lowest BCUT2D eigenvalue weighted by Gasteiger charge is -2.23. The van der Waals surface area contributed by atoms with Gasteiger partial charge in [-0.3, -0.25) is 14.6 Å². The molecule has 0 fully saturated rings. The van der Waals surface area contributed by atoms with Gasteiger partial charge in [-0.15, -0.1) is 0 Å². The van der Waals surface area contributed by atoms with Crippen molar-refractivity contribution >= 4 is 22.6 Å². The average Bonchev–Trinajstić information content (AvgIpc) is 3.27. The Balaban J connectivity index is 1.51. The molecule has 5 rings (SSSR count). The molecule has 1 amide bonds. The number of aromatic nitrogens is 4. The van der Waals surface area contributed by atoms with Crippen LogP contribution in [0.5, 0.6) is 0 Å². The number of fused-ring (bicyclic) bond motifs is 2. The van der Waals surface area contributed by atoms with E-state index in [0.29, 0.717) is 11.3 Å². The Bertz CT molecular complexity index is 1370.